The summed E-state index contributed by atoms with van der Waals surface area (Å²) < 4.78 is 13.7. The lowest BCUT2D eigenvalue weighted by Gasteiger charge is -2.31. The van der Waals surface area contributed by atoms with Crippen LogP contribution in [0.25, 0.3) is 0 Å². The zero-order chi connectivity index (χ0) is 16.2. The number of aryl methyl sites for hydroxylation is 1. The first kappa shape index (κ1) is 17.7. The Morgan fingerprint density at radius 2 is 1.90 bits per heavy atom. The minimum atomic E-state index is -0.200. The molecule has 0 bridgehead atoms. The molecule has 21 heavy (non-hydrogen) atoms. The lowest BCUT2D eigenvalue weighted by molar-refractivity contribution is -0.120. The number of hydrogen-bond acceptors (Lipinski definition) is 1. The molecule has 1 atom stereocenters. The fraction of sp³-hybridized carbons (Fsp3) is 0.611. The van der Waals surface area contributed by atoms with E-state index in [1.165, 1.54) is 6.07 Å². The first-order valence-electron chi connectivity index (χ1n) is 7.80. The molecule has 0 N–H and O–H groups in total. The van der Waals surface area contributed by atoms with Gasteiger partial charge in [0.2, 0.25) is 5.91 Å². The fourth-order valence-corrected chi connectivity index (χ4v) is 2.35. The van der Waals surface area contributed by atoms with Crippen LogP contribution >= 0.6 is 0 Å². The van der Waals surface area contributed by atoms with Gasteiger partial charge in [0.05, 0.1) is 0 Å². The summed E-state index contributed by atoms with van der Waals surface area (Å²) in [5.74, 6) is -0.0980. The van der Waals surface area contributed by atoms with Crippen LogP contribution in [0.1, 0.15) is 59.9 Å². The van der Waals surface area contributed by atoms with E-state index in [0.29, 0.717) is 18.4 Å². The molecule has 0 aliphatic rings. The van der Waals surface area contributed by atoms with Crippen molar-refractivity contribution in [3.63, 3.8) is 0 Å². The fourth-order valence-electron chi connectivity index (χ4n) is 2.35. The first-order chi connectivity index (χ1) is 9.69. The monoisotopic (exact) mass is 293 g/mol. The van der Waals surface area contributed by atoms with Crippen LogP contribution in [0.4, 0.5) is 10.1 Å². The van der Waals surface area contributed by atoms with E-state index < -0.39 is 0 Å². The van der Waals surface area contributed by atoms with Crippen molar-refractivity contribution in [2.75, 3.05) is 4.90 Å². The summed E-state index contributed by atoms with van der Waals surface area (Å²) in [4.78, 5) is 14.5. The van der Waals surface area contributed by atoms with Crippen molar-refractivity contribution in [1.29, 1.82) is 0 Å². The zero-order valence-corrected chi connectivity index (χ0v) is 14.2. The van der Waals surface area contributed by atoms with E-state index in [4.69, 9.17) is 0 Å². The van der Waals surface area contributed by atoms with Crippen LogP contribution in [0.15, 0.2) is 18.2 Å². The van der Waals surface area contributed by atoms with Crippen LogP contribution in [0.2, 0.25) is 0 Å². The quantitative estimate of drug-likeness (QED) is 0.751. The molecule has 118 valence electrons. The summed E-state index contributed by atoms with van der Waals surface area (Å²) in [7, 11) is 0. The predicted octanol–water partition coefficient (Wildman–Crippen LogP) is 4.96. The van der Waals surface area contributed by atoms with Crippen molar-refractivity contribution < 1.29 is 9.18 Å². The maximum absolute atomic E-state index is 13.7. The van der Waals surface area contributed by atoms with Gasteiger partial charge >= 0.3 is 0 Å². The number of benzene rings is 1. The topological polar surface area (TPSA) is 20.3 Å². The highest BCUT2D eigenvalue weighted by atomic mass is 19.1. The maximum atomic E-state index is 13.7. The molecule has 0 spiro atoms. The third-order valence-corrected chi connectivity index (χ3v) is 3.67. The third-order valence-electron chi connectivity index (χ3n) is 3.67. The maximum Gasteiger partial charge on any atom is 0.227 e. The smallest absolute Gasteiger partial charge is 0.227 e. The van der Waals surface area contributed by atoms with Crippen LogP contribution in [0.5, 0.6) is 0 Å². The molecule has 0 fully saturated rings. The van der Waals surface area contributed by atoms with Crippen LogP contribution < -0.4 is 4.90 Å². The Balaban J connectivity index is 3.16. The Hall–Kier alpha value is -1.38. The lowest BCUT2D eigenvalue weighted by atomic mass is 9.91. The number of carbonyl (C=O) groups excluding carboxylic acids is 1. The van der Waals surface area contributed by atoms with E-state index in [-0.39, 0.29) is 23.2 Å². The van der Waals surface area contributed by atoms with E-state index in [2.05, 4.69) is 27.7 Å². The zero-order valence-electron chi connectivity index (χ0n) is 14.2. The lowest BCUT2D eigenvalue weighted by Crippen LogP contribution is -2.40. The third kappa shape index (κ3) is 4.83. The van der Waals surface area contributed by atoms with Crippen molar-refractivity contribution >= 4 is 11.6 Å². The number of rotatable bonds is 5. The summed E-state index contributed by atoms with van der Waals surface area (Å²) in [5, 5.41) is 0. The van der Waals surface area contributed by atoms with E-state index in [1.54, 1.807) is 6.07 Å². The molecule has 1 aromatic rings. The van der Waals surface area contributed by atoms with E-state index in [1.807, 2.05) is 24.8 Å². The summed E-state index contributed by atoms with van der Waals surface area (Å²) in [6, 6.07) is 5.09. The highest BCUT2D eigenvalue weighted by Crippen LogP contribution is 2.27. The van der Waals surface area contributed by atoms with Gasteiger partial charge in [0, 0.05) is 18.2 Å². The molecule has 1 aromatic carbocycles. The Kier molecular flexibility index (Phi) is 5.94. The van der Waals surface area contributed by atoms with Gasteiger partial charge in [0.15, 0.2) is 0 Å². The second kappa shape index (κ2) is 7.06. The Labute approximate surface area is 128 Å². The SMILES string of the molecule is CCc1cc(N(C(=O)CC(C)(C)C)C(C)CC)ccc1F. The summed E-state index contributed by atoms with van der Waals surface area (Å²) in [5.41, 5.74) is 1.40. The van der Waals surface area contributed by atoms with Gasteiger partial charge in [-0.05, 0) is 48.9 Å². The van der Waals surface area contributed by atoms with E-state index in [0.717, 1.165) is 12.1 Å². The van der Waals surface area contributed by atoms with Gasteiger partial charge in [-0.15, -0.1) is 0 Å². The summed E-state index contributed by atoms with van der Waals surface area (Å²) in [6.07, 6.45) is 1.98. The average Bonchev–Trinajstić information content (AvgIpc) is 2.38. The Bertz CT molecular complexity index is 490. The van der Waals surface area contributed by atoms with E-state index in [9.17, 15) is 9.18 Å². The molecule has 0 saturated carbocycles. The van der Waals surface area contributed by atoms with Crippen molar-refractivity contribution in [1.82, 2.24) is 0 Å². The Morgan fingerprint density at radius 1 is 1.29 bits per heavy atom. The van der Waals surface area contributed by atoms with Crippen molar-refractivity contribution in [2.45, 2.75) is 66.8 Å². The van der Waals surface area contributed by atoms with Gasteiger partial charge in [-0.1, -0.05) is 34.6 Å². The Morgan fingerprint density at radius 3 is 2.38 bits per heavy atom. The van der Waals surface area contributed by atoms with Crippen molar-refractivity contribution in [3.8, 4) is 0 Å². The summed E-state index contributed by atoms with van der Waals surface area (Å²) in [6.45, 7) is 12.2. The van der Waals surface area contributed by atoms with Gasteiger partial charge in [-0.3, -0.25) is 4.79 Å². The number of carbonyl (C=O) groups is 1. The second-order valence-corrected chi connectivity index (χ2v) is 6.89. The van der Waals surface area contributed by atoms with Gasteiger partial charge in [0.1, 0.15) is 5.82 Å². The van der Waals surface area contributed by atoms with E-state index >= 15 is 0 Å². The molecule has 2 nitrogen and oxygen atoms in total. The van der Waals surface area contributed by atoms with Crippen LogP contribution in [0.3, 0.4) is 0 Å². The number of nitrogens with zero attached hydrogens (tertiary/aromatic N) is 1. The summed E-state index contributed by atoms with van der Waals surface area (Å²) >= 11 is 0. The molecule has 1 unspecified atom stereocenters. The van der Waals surface area contributed by atoms with Gasteiger partial charge in [0.25, 0.3) is 0 Å². The molecule has 0 aliphatic carbocycles. The van der Waals surface area contributed by atoms with Gasteiger partial charge < -0.3 is 4.90 Å². The molecule has 1 amide bonds. The minimum absolute atomic E-state index is 0.0591. The molecule has 0 radical (unpaired) electrons. The van der Waals surface area contributed by atoms with Crippen molar-refractivity contribution in [2.24, 2.45) is 5.41 Å². The molecule has 0 aliphatic heterocycles. The molecule has 3 heteroatoms. The molecular weight excluding hydrogens is 265 g/mol. The standard InChI is InChI=1S/C18H28FNO/c1-7-13(3)20(17(21)12-18(4,5)6)15-9-10-16(19)14(8-2)11-15/h9-11,13H,7-8,12H2,1-6H3. The van der Waals surface area contributed by atoms with Gasteiger partial charge in [-0.25, -0.2) is 4.39 Å². The van der Waals surface area contributed by atoms with Gasteiger partial charge in [-0.2, -0.15) is 0 Å². The number of anilines is 1. The highest BCUT2D eigenvalue weighted by Gasteiger charge is 2.25. The van der Waals surface area contributed by atoms with Crippen LogP contribution in [0, 0.1) is 11.2 Å². The highest BCUT2D eigenvalue weighted by molar-refractivity contribution is 5.94. The second-order valence-electron chi connectivity index (χ2n) is 6.89. The largest absolute Gasteiger partial charge is 0.310 e. The molecule has 0 heterocycles. The first-order valence-corrected chi connectivity index (χ1v) is 7.80. The predicted molar refractivity (Wildman–Crippen MR) is 87.1 cm³/mol. The average molecular weight is 293 g/mol. The van der Waals surface area contributed by atoms with Crippen LogP contribution in [-0.4, -0.2) is 11.9 Å². The van der Waals surface area contributed by atoms with Crippen LogP contribution in [-0.2, 0) is 11.2 Å². The van der Waals surface area contributed by atoms with Crippen molar-refractivity contribution in [3.05, 3.63) is 29.6 Å². The molecule has 1 rings (SSSR count). The molecular formula is C18H28FNO. The molecule has 0 saturated heterocycles. The number of halogens is 1. The normalized spacial score (nSPS) is 13.1. The molecule has 0 aromatic heterocycles. The number of hydrogen-bond donors (Lipinski definition) is 0. The minimum Gasteiger partial charge on any atom is -0.310 e. The number of amides is 1.